The Hall–Kier alpha value is -8.43. The number of aliphatic imine (C=N–C) groups is 1. The van der Waals surface area contributed by atoms with E-state index in [0.29, 0.717) is 5.56 Å². The van der Waals surface area contributed by atoms with Gasteiger partial charge in [0.25, 0.3) is 5.91 Å². The van der Waals surface area contributed by atoms with Gasteiger partial charge in [-0.25, -0.2) is 4.98 Å². The van der Waals surface area contributed by atoms with Crippen molar-refractivity contribution >= 4 is 116 Å². The second kappa shape index (κ2) is 44.2. The molecule has 1 aromatic carbocycles. The van der Waals surface area contributed by atoms with Crippen LogP contribution in [0, 0.1) is 5.95 Å². The van der Waals surface area contributed by atoms with Crippen molar-refractivity contribution in [3.05, 3.63) is 65.7 Å². The number of carbonyl (C=O) groups is 13. The normalized spacial score (nSPS) is 20.7. The van der Waals surface area contributed by atoms with Gasteiger partial charge in [0, 0.05) is 56.1 Å². The minimum atomic E-state index is -1.83. The number of primary amides is 1. The highest BCUT2D eigenvalue weighted by Gasteiger charge is 2.35. The molecule has 4 rings (SSSR count). The lowest BCUT2D eigenvalue weighted by Crippen LogP contribution is -2.60. The van der Waals surface area contributed by atoms with Crippen molar-refractivity contribution in [3.8, 4) is 0 Å². The second-order valence-electron chi connectivity index (χ2n) is 20.6. The molecule has 0 unspecified atom stereocenters. The Labute approximate surface area is 551 Å². The van der Waals surface area contributed by atoms with Gasteiger partial charge in [-0.2, -0.15) is 4.39 Å². The third-order valence-electron chi connectivity index (χ3n) is 13.1. The van der Waals surface area contributed by atoms with Gasteiger partial charge in [-0.05, 0) is 49.8 Å². The van der Waals surface area contributed by atoms with Crippen LogP contribution in [0.4, 0.5) is 4.39 Å². The zero-order valence-corrected chi connectivity index (χ0v) is 53.7. The first-order valence-electron chi connectivity index (χ1n) is 29.6. The van der Waals surface area contributed by atoms with Crippen LogP contribution in [0.1, 0.15) is 54.4 Å². The number of thioether (sulfide) groups is 1. The number of nitrogens with one attached hydrogen (secondary N) is 11. The lowest BCUT2D eigenvalue weighted by atomic mass is 10.0. The molecule has 2 bridgehead atoms. The topological polar surface area (TPSA) is 515 Å². The summed E-state index contributed by atoms with van der Waals surface area (Å²) in [6.45, 7) is -0.692. The lowest BCUT2D eigenvalue weighted by Gasteiger charge is -2.27. The van der Waals surface area contributed by atoms with Crippen molar-refractivity contribution in [2.45, 2.75) is 87.2 Å². The van der Waals surface area contributed by atoms with E-state index in [1.54, 1.807) is 30.3 Å². The molecule has 2 aliphatic rings. The second-order valence-corrected chi connectivity index (χ2v) is 24.2. The van der Waals surface area contributed by atoms with Gasteiger partial charge in [-0.15, -0.1) is 11.8 Å². The van der Waals surface area contributed by atoms with E-state index >= 15 is 0 Å². The number of rotatable bonds is 31. The molecule has 12 amide bonds. The Bertz CT molecular complexity index is 2890. The van der Waals surface area contributed by atoms with E-state index in [2.05, 4.69) is 68.5 Å². The van der Waals surface area contributed by atoms with Gasteiger partial charge in [0.2, 0.25) is 70.9 Å². The molecule has 0 aliphatic carbocycles. The summed E-state index contributed by atoms with van der Waals surface area (Å²) in [4.78, 5) is 182. The van der Waals surface area contributed by atoms with Crippen LogP contribution in [-0.4, -0.2) is 244 Å². The van der Waals surface area contributed by atoms with Crippen molar-refractivity contribution in [3.63, 3.8) is 0 Å². The quantitative estimate of drug-likeness (QED) is 0.0110. The molecule has 2 saturated heterocycles. The minimum absolute atomic E-state index is 0.00356. The highest BCUT2D eigenvalue weighted by Crippen LogP contribution is 2.24. The number of unbranched alkanes of at least 4 members (excludes halogenated alkanes) is 1. The van der Waals surface area contributed by atoms with Crippen LogP contribution in [-0.2, 0) is 82.9 Å². The number of amides is 12. The number of hydrogen-bond donors (Lipinski definition) is 15. The number of carboxylic acid groups (broad SMARTS) is 1. The van der Waals surface area contributed by atoms with Gasteiger partial charge in [0.05, 0.1) is 63.9 Å². The minimum Gasteiger partial charge on any atom is -0.481 e. The molecule has 7 atom stereocenters. The third-order valence-corrected chi connectivity index (χ3v) is 16.6. The molecule has 0 saturated carbocycles. The third kappa shape index (κ3) is 32.4. The first-order chi connectivity index (χ1) is 45.1. The van der Waals surface area contributed by atoms with Crippen LogP contribution in [0.25, 0.3) is 0 Å². The Kier molecular flexibility index (Phi) is 36.7. The van der Waals surface area contributed by atoms with Crippen molar-refractivity contribution < 1.29 is 90.8 Å². The molecule has 0 radical (unpaired) electrons. The van der Waals surface area contributed by atoms with Gasteiger partial charge in [0.1, 0.15) is 55.5 Å². The molecule has 34 nitrogen and oxygen atoms in total. The molecule has 94 heavy (non-hydrogen) atoms. The van der Waals surface area contributed by atoms with Crippen LogP contribution < -0.4 is 75.7 Å². The van der Waals surface area contributed by atoms with E-state index in [9.17, 15) is 71.8 Å². The van der Waals surface area contributed by atoms with Crippen LogP contribution in [0.15, 0.2) is 53.7 Å². The lowest BCUT2D eigenvalue weighted by molar-refractivity contribution is -0.141. The number of nitrogens with two attached hydrogens (primary N) is 3. The fourth-order valence-electron chi connectivity index (χ4n) is 8.43. The fourth-order valence-corrected chi connectivity index (χ4v) is 11.6. The average Bonchev–Trinajstić information content (AvgIpc) is 1.06. The average molecular weight is 1380 g/mol. The van der Waals surface area contributed by atoms with E-state index in [1.165, 1.54) is 6.07 Å². The maximum atomic E-state index is 14.6. The smallest absolute Gasteiger partial charge is 0.305 e. The van der Waals surface area contributed by atoms with Gasteiger partial charge < -0.3 is 99.7 Å². The van der Waals surface area contributed by atoms with Crippen molar-refractivity contribution in [2.24, 2.45) is 22.2 Å². The molecular formula is C56H81FN16O18S3. The Morgan fingerprint density at radius 3 is 1.83 bits per heavy atom. The number of halogens is 1. The van der Waals surface area contributed by atoms with E-state index in [-0.39, 0.29) is 146 Å². The van der Waals surface area contributed by atoms with Crippen LogP contribution in [0.2, 0.25) is 0 Å². The molecule has 1 aromatic heterocycles. The molecule has 3 heterocycles. The number of carboxylic acids is 1. The summed E-state index contributed by atoms with van der Waals surface area (Å²) in [5.41, 5.74) is 16.6. The summed E-state index contributed by atoms with van der Waals surface area (Å²) in [7, 11) is 1.80. The summed E-state index contributed by atoms with van der Waals surface area (Å²) >= 11 is 0.878. The molecule has 2 aromatic rings. The molecule has 38 heteroatoms. The number of ether oxygens (including phenoxy) is 4. The summed E-state index contributed by atoms with van der Waals surface area (Å²) in [5.74, 6) is -14.0. The van der Waals surface area contributed by atoms with Crippen LogP contribution in [0.3, 0.4) is 0 Å². The van der Waals surface area contributed by atoms with E-state index < -0.39 is 144 Å². The zero-order chi connectivity index (χ0) is 68.6. The number of guanidine groups is 1. The predicted molar refractivity (Wildman–Crippen MR) is 340 cm³/mol. The number of pyridine rings is 1. The summed E-state index contributed by atoms with van der Waals surface area (Å²) in [6, 6.07) is -0.0278. The van der Waals surface area contributed by atoms with Gasteiger partial charge >= 0.3 is 5.97 Å². The van der Waals surface area contributed by atoms with Gasteiger partial charge in [-0.1, -0.05) is 51.9 Å². The van der Waals surface area contributed by atoms with E-state index in [4.69, 9.17) is 36.1 Å². The first-order valence-corrected chi connectivity index (χ1v) is 33.3. The number of nitrogens with zero attached hydrogens (tertiary/aromatic N) is 2. The Morgan fingerprint density at radius 2 is 1.20 bits per heavy atom. The SMILES string of the molecule is NC(=O)COCC(=O)NCCOCCOCCOCCNC(=O)[C@@H]1CSCC(=O)N[C@@H](CCCCNC(=O)c2ccc(F)nc2)C(=O)N[C@H]2CSSC[C@H](NC(=O)[C@H](CC(=O)O)NC(=O)CNC(=O)[C@H](CCCN=C(N)N)NC2=O)C(=O)N[C@@H](Cc2ccccc2)C(=O)N1. The molecule has 2 fully saturated rings. The van der Waals surface area contributed by atoms with Crippen LogP contribution >= 0.6 is 33.3 Å². The van der Waals surface area contributed by atoms with Crippen LogP contribution in [0.5, 0.6) is 0 Å². The maximum absolute atomic E-state index is 14.6. The molecular weight excluding hydrogens is 1300 g/mol. The molecule has 18 N–H and O–H groups in total. The first kappa shape index (κ1) is 78.0. The number of benzene rings is 1. The Balaban J connectivity index is 1.62. The monoisotopic (exact) mass is 1380 g/mol. The standard InChI is InChI=1S/C56H81FN16O18S3/c57-42-12-11-34(25-65-42)48(80)62-13-5-4-9-36-51(83)72-40-30-93-94-31-41(73-53(85)38(24-47(78)79)68-44(75)26-66-49(81)35(69-54(40)86)10-6-14-64-56(59)60)55(87)70-37(23-33-7-2-1-3-8-33)52(84)71-39(29-92-32-46(77)67-36)50(82)63-16-18-89-20-22-90-21-19-88-17-15-61-45(76)28-91-27-43(58)74/h1-3,7-8,11-12,25,35-41H,4-6,9-10,13-24,26-32H2,(H2,58,74)(H,61,76)(H,62,80)(H,63,82)(H,66,81)(H,67,77)(H,68,75)(H,69,86)(H,70,87)(H,71,84)(H,72,83)(H,73,85)(H,78,79)(H4,59,60,64)/t35-,36-,37-,38-,39-,40-,41-/m0/s1. The number of aromatic nitrogens is 1. The zero-order valence-electron chi connectivity index (χ0n) is 51.2. The summed E-state index contributed by atoms with van der Waals surface area (Å²) in [5, 5.41) is 38.1. The highest BCUT2D eigenvalue weighted by molar-refractivity contribution is 8.76. The highest BCUT2D eigenvalue weighted by atomic mass is 33.1. The van der Waals surface area contributed by atoms with Crippen molar-refractivity contribution in [1.29, 1.82) is 0 Å². The maximum Gasteiger partial charge on any atom is 0.305 e. The van der Waals surface area contributed by atoms with Gasteiger partial charge in [0.15, 0.2) is 5.96 Å². The summed E-state index contributed by atoms with van der Waals surface area (Å²) in [6.07, 6.45) is 0.173. The van der Waals surface area contributed by atoms with Crippen molar-refractivity contribution in [1.82, 2.24) is 63.5 Å². The number of hydrogen-bond acceptors (Lipinski definition) is 22. The van der Waals surface area contributed by atoms with Gasteiger partial charge in [-0.3, -0.25) is 67.3 Å². The number of aliphatic carboxylic acids is 1. The molecule has 0 spiro atoms. The van der Waals surface area contributed by atoms with Crippen molar-refractivity contribution in [2.75, 3.05) is 109 Å². The van der Waals surface area contributed by atoms with E-state index in [0.717, 1.165) is 45.6 Å². The predicted octanol–water partition coefficient (Wildman–Crippen LogP) is -5.67. The van der Waals surface area contributed by atoms with E-state index in [1.807, 2.05) is 0 Å². The summed E-state index contributed by atoms with van der Waals surface area (Å²) < 4.78 is 34.8. The largest absolute Gasteiger partial charge is 0.481 e. The number of carbonyl (C=O) groups excluding carboxylic acids is 12. The molecule has 2 aliphatic heterocycles. The Morgan fingerprint density at radius 1 is 0.606 bits per heavy atom. The fraction of sp³-hybridized carbons (Fsp3) is 0.554. The number of fused-ring (bicyclic) bond motifs is 5. The molecule has 518 valence electrons.